The van der Waals surface area contributed by atoms with Crippen molar-refractivity contribution >= 4 is 35.1 Å². The number of thioether (sulfide) groups is 1. The molecule has 1 aliphatic heterocycles. The Hall–Kier alpha value is -1.65. The number of rotatable bonds is 2. The van der Waals surface area contributed by atoms with E-state index in [-0.39, 0.29) is 11.4 Å². The highest BCUT2D eigenvalue weighted by Gasteiger charge is 2.31. The number of carbonyl (C=O) groups is 1. The third-order valence-corrected chi connectivity index (χ3v) is 5.92. The van der Waals surface area contributed by atoms with Gasteiger partial charge in [0.15, 0.2) is 0 Å². The molecule has 0 radical (unpaired) electrons. The second-order valence-corrected chi connectivity index (χ2v) is 7.77. The van der Waals surface area contributed by atoms with Gasteiger partial charge in [-0.05, 0) is 49.6 Å². The van der Waals surface area contributed by atoms with Crippen LogP contribution in [0.5, 0.6) is 0 Å². The number of nitrogens with zero attached hydrogens (tertiary/aromatic N) is 1. The highest BCUT2D eigenvalue weighted by molar-refractivity contribution is 7.99. The zero-order chi connectivity index (χ0) is 17.3. The molecule has 3 rings (SSSR count). The predicted molar refractivity (Wildman–Crippen MR) is 103 cm³/mol. The van der Waals surface area contributed by atoms with Gasteiger partial charge >= 0.3 is 6.03 Å². The van der Waals surface area contributed by atoms with E-state index >= 15 is 0 Å². The third-order valence-electron chi connectivity index (χ3n) is 4.27. The number of halogens is 1. The van der Waals surface area contributed by atoms with Gasteiger partial charge in [-0.3, -0.25) is 0 Å². The van der Waals surface area contributed by atoms with Crippen LogP contribution >= 0.6 is 23.4 Å². The molecule has 1 saturated heterocycles. The standard InChI is InChI=1S/C19H21ClN2OS/c1-12-4-7-16(14(3)10-12)18-22(8-9-24-18)19(23)21-15-6-5-13(2)17(20)11-15/h4-7,10-11,18H,8-9H2,1-3H3,(H,21,23)/t18-/m0/s1. The number of amides is 2. The van der Waals surface area contributed by atoms with Gasteiger partial charge in [-0.25, -0.2) is 4.79 Å². The van der Waals surface area contributed by atoms with Crippen molar-refractivity contribution in [3.63, 3.8) is 0 Å². The monoisotopic (exact) mass is 360 g/mol. The first-order valence-electron chi connectivity index (χ1n) is 7.98. The Labute approximate surface area is 152 Å². The van der Waals surface area contributed by atoms with Crippen molar-refractivity contribution in [2.45, 2.75) is 26.1 Å². The maximum absolute atomic E-state index is 12.7. The van der Waals surface area contributed by atoms with Gasteiger partial charge in [0.2, 0.25) is 0 Å². The van der Waals surface area contributed by atoms with Crippen LogP contribution in [0, 0.1) is 20.8 Å². The Morgan fingerprint density at radius 2 is 1.96 bits per heavy atom. The van der Waals surface area contributed by atoms with Crippen molar-refractivity contribution in [1.82, 2.24) is 4.90 Å². The molecule has 2 aromatic rings. The van der Waals surface area contributed by atoms with E-state index in [4.69, 9.17) is 11.6 Å². The first-order valence-corrected chi connectivity index (χ1v) is 9.41. The van der Waals surface area contributed by atoms with Crippen LogP contribution in [0.2, 0.25) is 5.02 Å². The molecule has 1 aliphatic rings. The first-order chi connectivity index (χ1) is 11.5. The lowest BCUT2D eigenvalue weighted by atomic mass is 10.1. The van der Waals surface area contributed by atoms with Crippen molar-refractivity contribution in [2.24, 2.45) is 0 Å². The van der Waals surface area contributed by atoms with Crippen LogP contribution in [0.4, 0.5) is 10.5 Å². The van der Waals surface area contributed by atoms with Gasteiger partial charge in [0.05, 0.1) is 0 Å². The summed E-state index contributed by atoms with van der Waals surface area (Å²) >= 11 is 7.96. The van der Waals surface area contributed by atoms with E-state index in [2.05, 4.69) is 37.4 Å². The zero-order valence-electron chi connectivity index (χ0n) is 14.1. The number of benzene rings is 2. The maximum atomic E-state index is 12.7. The number of aryl methyl sites for hydroxylation is 3. The van der Waals surface area contributed by atoms with Crippen LogP contribution in [-0.4, -0.2) is 23.2 Å². The van der Waals surface area contributed by atoms with Crippen LogP contribution in [-0.2, 0) is 0 Å². The lowest BCUT2D eigenvalue weighted by Crippen LogP contribution is -2.34. The summed E-state index contributed by atoms with van der Waals surface area (Å²) in [5.41, 5.74) is 5.40. The molecule has 0 aliphatic carbocycles. The molecule has 1 fully saturated rings. The Morgan fingerprint density at radius 1 is 1.17 bits per heavy atom. The van der Waals surface area contributed by atoms with Gasteiger partial charge in [0.25, 0.3) is 0 Å². The van der Waals surface area contributed by atoms with Gasteiger partial charge < -0.3 is 10.2 Å². The van der Waals surface area contributed by atoms with Crippen LogP contribution in [0.25, 0.3) is 0 Å². The second-order valence-electron chi connectivity index (χ2n) is 6.17. The molecule has 1 atom stereocenters. The Bertz CT molecular complexity index is 778. The quantitative estimate of drug-likeness (QED) is 0.762. The Morgan fingerprint density at radius 3 is 2.67 bits per heavy atom. The molecule has 5 heteroatoms. The van der Waals surface area contributed by atoms with Gasteiger partial charge in [-0.15, -0.1) is 11.8 Å². The molecule has 0 spiro atoms. The average molecular weight is 361 g/mol. The van der Waals surface area contributed by atoms with Crippen molar-refractivity contribution in [2.75, 3.05) is 17.6 Å². The van der Waals surface area contributed by atoms with Gasteiger partial charge in [-0.2, -0.15) is 0 Å². The van der Waals surface area contributed by atoms with Crippen LogP contribution < -0.4 is 5.32 Å². The minimum atomic E-state index is -0.0788. The number of hydrogen-bond donors (Lipinski definition) is 1. The number of anilines is 1. The van der Waals surface area contributed by atoms with E-state index < -0.39 is 0 Å². The summed E-state index contributed by atoms with van der Waals surface area (Å²) in [6, 6.07) is 11.9. The lowest BCUT2D eigenvalue weighted by Gasteiger charge is -2.26. The summed E-state index contributed by atoms with van der Waals surface area (Å²) < 4.78 is 0. The third kappa shape index (κ3) is 3.55. The van der Waals surface area contributed by atoms with Crippen LogP contribution in [0.1, 0.15) is 27.6 Å². The second kappa shape index (κ2) is 7.08. The average Bonchev–Trinajstić information content (AvgIpc) is 3.00. The molecule has 2 aromatic carbocycles. The Balaban J connectivity index is 1.79. The molecule has 0 unspecified atom stereocenters. The normalized spacial score (nSPS) is 17.2. The minimum Gasteiger partial charge on any atom is -0.308 e. The van der Waals surface area contributed by atoms with Crippen molar-refractivity contribution in [3.8, 4) is 0 Å². The molecular formula is C19H21ClN2OS. The SMILES string of the molecule is Cc1ccc([C@@H]2SCCN2C(=O)Nc2ccc(C)c(Cl)c2)c(C)c1. The molecule has 1 N–H and O–H groups in total. The highest BCUT2D eigenvalue weighted by Crippen LogP contribution is 2.39. The zero-order valence-corrected chi connectivity index (χ0v) is 15.7. The van der Waals surface area contributed by atoms with E-state index in [1.165, 1.54) is 16.7 Å². The lowest BCUT2D eigenvalue weighted by molar-refractivity contribution is 0.214. The van der Waals surface area contributed by atoms with Gasteiger partial charge in [-0.1, -0.05) is 41.4 Å². The number of hydrogen-bond acceptors (Lipinski definition) is 2. The number of nitrogens with one attached hydrogen (secondary N) is 1. The summed E-state index contributed by atoms with van der Waals surface area (Å²) in [5.74, 6) is 0.945. The topological polar surface area (TPSA) is 32.3 Å². The summed E-state index contributed by atoms with van der Waals surface area (Å²) in [4.78, 5) is 14.6. The molecule has 0 saturated carbocycles. The van der Waals surface area contributed by atoms with Crippen LogP contribution in [0.15, 0.2) is 36.4 Å². The van der Waals surface area contributed by atoms with Gasteiger partial charge in [0.1, 0.15) is 5.37 Å². The first kappa shape index (κ1) is 17.2. The fourth-order valence-corrected chi connectivity index (χ4v) is 4.44. The summed E-state index contributed by atoms with van der Waals surface area (Å²) in [7, 11) is 0. The molecule has 3 nitrogen and oxygen atoms in total. The van der Waals surface area contributed by atoms with Crippen molar-refractivity contribution in [3.05, 3.63) is 63.7 Å². The van der Waals surface area contributed by atoms with Crippen molar-refractivity contribution in [1.29, 1.82) is 0 Å². The fourth-order valence-electron chi connectivity index (χ4n) is 2.90. The fraction of sp³-hybridized carbons (Fsp3) is 0.316. The van der Waals surface area contributed by atoms with E-state index in [0.717, 1.165) is 23.5 Å². The molecule has 24 heavy (non-hydrogen) atoms. The smallest absolute Gasteiger partial charge is 0.308 e. The van der Waals surface area contributed by atoms with E-state index in [1.807, 2.05) is 35.7 Å². The maximum Gasteiger partial charge on any atom is 0.323 e. The van der Waals surface area contributed by atoms with E-state index in [0.29, 0.717) is 5.02 Å². The summed E-state index contributed by atoms with van der Waals surface area (Å²) in [5, 5.41) is 3.69. The highest BCUT2D eigenvalue weighted by atomic mass is 35.5. The molecule has 126 valence electrons. The summed E-state index contributed by atoms with van der Waals surface area (Å²) in [6.07, 6.45) is 0. The predicted octanol–water partition coefficient (Wildman–Crippen LogP) is 5.54. The van der Waals surface area contributed by atoms with Crippen molar-refractivity contribution < 1.29 is 4.79 Å². The van der Waals surface area contributed by atoms with E-state index in [1.54, 1.807) is 6.07 Å². The molecule has 0 bridgehead atoms. The minimum absolute atomic E-state index is 0.0616. The van der Waals surface area contributed by atoms with E-state index in [9.17, 15) is 4.79 Å². The summed E-state index contributed by atoms with van der Waals surface area (Å²) in [6.45, 7) is 6.89. The largest absolute Gasteiger partial charge is 0.323 e. The number of carbonyl (C=O) groups excluding carboxylic acids is 1. The molecular weight excluding hydrogens is 340 g/mol. The number of urea groups is 1. The molecule has 0 aromatic heterocycles. The molecule has 1 heterocycles. The molecule has 2 amide bonds. The van der Waals surface area contributed by atoms with Gasteiger partial charge in [0, 0.05) is 23.0 Å². The Kier molecular flexibility index (Phi) is 5.07. The van der Waals surface area contributed by atoms with Crippen LogP contribution in [0.3, 0.4) is 0 Å².